The van der Waals surface area contributed by atoms with Gasteiger partial charge in [-0.1, -0.05) is 33.3 Å². The highest BCUT2D eigenvalue weighted by Crippen LogP contribution is 2.26. The predicted octanol–water partition coefficient (Wildman–Crippen LogP) is 3.00. The molecule has 0 saturated carbocycles. The van der Waals surface area contributed by atoms with E-state index in [0.717, 1.165) is 43.5 Å². The van der Waals surface area contributed by atoms with Crippen molar-refractivity contribution in [2.24, 2.45) is 12.0 Å². The lowest BCUT2D eigenvalue weighted by molar-refractivity contribution is 0.517. The third-order valence-electron chi connectivity index (χ3n) is 4.27. The van der Waals surface area contributed by atoms with Crippen LogP contribution < -0.4 is 10.6 Å². The van der Waals surface area contributed by atoms with Crippen molar-refractivity contribution in [3.8, 4) is 0 Å². The Kier molecular flexibility index (Phi) is 6.99. The van der Waals surface area contributed by atoms with Gasteiger partial charge in [0.05, 0.1) is 0 Å². The summed E-state index contributed by atoms with van der Waals surface area (Å²) in [5.74, 6) is 2.60. The molecule has 2 rings (SSSR count). The summed E-state index contributed by atoms with van der Waals surface area (Å²) < 4.78 is 1.97. The van der Waals surface area contributed by atoms with E-state index in [0.29, 0.717) is 6.54 Å². The predicted molar refractivity (Wildman–Crippen MR) is 105 cm³/mol. The highest BCUT2D eigenvalue weighted by Gasteiger charge is 2.22. The molecule has 7 heteroatoms. The number of thiophene rings is 1. The van der Waals surface area contributed by atoms with Crippen LogP contribution in [-0.2, 0) is 19.0 Å². The van der Waals surface area contributed by atoms with Crippen LogP contribution in [0.1, 0.15) is 50.1 Å². The number of aromatic nitrogens is 3. The van der Waals surface area contributed by atoms with E-state index < -0.39 is 0 Å². The fraction of sp³-hybridized carbons (Fsp3) is 0.611. The molecule has 0 aliphatic rings. The Balaban J connectivity index is 2.01. The second-order valence-electron chi connectivity index (χ2n) is 6.88. The molecule has 0 radical (unpaired) electrons. The zero-order valence-electron chi connectivity index (χ0n) is 16.0. The van der Waals surface area contributed by atoms with Crippen molar-refractivity contribution >= 4 is 17.3 Å². The van der Waals surface area contributed by atoms with Gasteiger partial charge in [-0.25, -0.2) is 4.99 Å². The number of nitrogens with zero attached hydrogens (tertiary/aromatic N) is 4. The second-order valence-corrected chi connectivity index (χ2v) is 7.83. The first-order chi connectivity index (χ1) is 11.9. The summed E-state index contributed by atoms with van der Waals surface area (Å²) in [4.78, 5) is 6.07. The fourth-order valence-corrected chi connectivity index (χ4v) is 3.20. The van der Waals surface area contributed by atoms with Gasteiger partial charge < -0.3 is 15.2 Å². The van der Waals surface area contributed by atoms with Crippen molar-refractivity contribution < 1.29 is 0 Å². The van der Waals surface area contributed by atoms with Gasteiger partial charge in [-0.05, 0) is 24.8 Å². The minimum absolute atomic E-state index is 0.0583. The van der Waals surface area contributed by atoms with Crippen LogP contribution in [0, 0.1) is 6.92 Å². The molecule has 2 aromatic heterocycles. The van der Waals surface area contributed by atoms with Gasteiger partial charge in [-0.15, -0.1) is 21.5 Å². The lowest BCUT2D eigenvalue weighted by Crippen LogP contribution is -2.43. The molecule has 0 saturated heterocycles. The number of hydrogen-bond acceptors (Lipinski definition) is 4. The number of aliphatic imine (C=N–C) groups is 1. The Bertz CT molecular complexity index is 672. The largest absolute Gasteiger partial charge is 0.356 e. The topological polar surface area (TPSA) is 67.1 Å². The van der Waals surface area contributed by atoms with Crippen molar-refractivity contribution in [2.45, 2.75) is 52.5 Å². The lowest BCUT2D eigenvalue weighted by atomic mass is 9.91. The van der Waals surface area contributed by atoms with Gasteiger partial charge in [0.15, 0.2) is 11.8 Å². The van der Waals surface area contributed by atoms with Gasteiger partial charge in [-0.2, -0.15) is 0 Å². The number of nitrogens with one attached hydrogen (secondary N) is 2. The average molecular weight is 363 g/mol. The maximum absolute atomic E-state index is 4.70. The second kappa shape index (κ2) is 8.99. The van der Waals surface area contributed by atoms with Crippen molar-refractivity contribution in [2.75, 3.05) is 13.1 Å². The molecule has 138 valence electrons. The number of aryl methyl sites for hydroxylation is 1. The van der Waals surface area contributed by atoms with Crippen LogP contribution >= 0.6 is 11.3 Å². The zero-order chi connectivity index (χ0) is 18.3. The van der Waals surface area contributed by atoms with Crippen molar-refractivity contribution in [1.82, 2.24) is 25.4 Å². The summed E-state index contributed by atoms with van der Waals surface area (Å²) in [6, 6.07) is 4.29. The van der Waals surface area contributed by atoms with E-state index in [1.807, 2.05) is 18.5 Å². The normalized spacial score (nSPS) is 12.4. The first-order valence-electron chi connectivity index (χ1n) is 8.85. The third kappa shape index (κ3) is 5.56. The molecule has 2 heterocycles. The molecule has 2 aromatic rings. The first kappa shape index (κ1) is 19.4. The minimum Gasteiger partial charge on any atom is -0.356 e. The molecule has 0 fully saturated rings. The highest BCUT2D eigenvalue weighted by atomic mass is 32.1. The molecule has 0 amide bonds. The summed E-state index contributed by atoms with van der Waals surface area (Å²) >= 11 is 1.80. The SMILES string of the molecule is CCCCNC(=NCc1nnc(C)n1C)NCC(C)(C)c1cccs1. The summed E-state index contributed by atoms with van der Waals surface area (Å²) in [6.07, 6.45) is 2.28. The average Bonchev–Trinajstić information content (AvgIpc) is 3.23. The van der Waals surface area contributed by atoms with E-state index in [-0.39, 0.29) is 5.41 Å². The summed E-state index contributed by atoms with van der Waals surface area (Å²) in [5.41, 5.74) is 0.0583. The van der Waals surface area contributed by atoms with Gasteiger partial charge in [0.2, 0.25) is 0 Å². The van der Waals surface area contributed by atoms with E-state index in [4.69, 9.17) is 4.99 Å². The first-order valence-corrected chi connectivity index (χ1v) is 9.73. The molecule has 2 N–H and O–H groups in total. The summed E-state index contributed by atoms with van der Waals surface area (Å²) in [7, 11) is 1.97. The number of unbranched alkanes of at least 4 members (excludes halogenated alkanes) is 1. The Labute approximate surface area is 154 Å². The smallest absolute Gasteiger partial charge is 0.191 e. The summed E-state index contributed by atoms with van der Waals surface area (Å²) in [5, 5.41) is 17.3. The molecule has 25 heavy (non-hydrogen) atoms. The monoisotopic (exact) mass is 362 g/mol. The fourth-order valence-electron chi connectivity index (χ4n) is 2.35. The van der Waals surface area contributed by atoms with Crippen LogP contribution in [0.25, 0.3) is 0 Å². The highest BCUT2D eigenvalue weighted by molar-refractivity contribution is 7.10. The van der Waals surface area contributed by atoms with E-state index in [9.17, 15) is 0 Å². The molecular formula is C18H30N6S. The molecule has 0 aliphatic heterocycles. The Morgan fingerprint density at radius 2 is 2.12 bits per heavy atom. The molecule has 0 atom stereocenters. The van der Waals surface area contributed by atoms with Crippen LogP contribution in [0.3, 0.4) is 0 Å². The number of guanidine groups is 1. The molecule has 0 aliphatic carbocycles. The standard InChI is InChI=1S/C18H30N6S/c1-6-7-10-19-17(20-12-16-23-22-14(2)24(16)5)21-13-18(3,4)15-9-8-11-25-15/h8-9,11H,6-7,10,12-13H2,1-5H3,(H2,19,20,21). The molecule has 0 aromatic carbocycles. The van der Waals surface area contributed by atoms with Crippen LogP contribution in [-0.4, -0.2) is 33.8 Å². The van der Waals surface area contributed by atoms with Crippen LogP contribution in [0.2, 0.25) is 0 Å². The van der Waals surface area contributed by atoms with E-state index in [2.05, 4.69) is 59.1 Å². The number of rotatable bonds is 8. The van der Waals surface area contributed by atoms with E-state index in [1.54, 1.807) is 11.3 Å². The molecule has 0 bridgehead atoms. The summed E-state index contributed by atoms with van der Waals surface area (Å²) in [6.45, 7) is 10.9. The maximum Gasteiger partial charge on any atom is 0.191 e. The van der Waals surface area contributed by atoms with Gasteiger partial charge in [-0.3, -0.25) is 0 Å². The number of hydrogen-bond donors (Lipinski definition) is 2. The Hall–Kier alpha value is -1.89. The van der Waals surface area contributed by atoms with Crippen LogP contribution in [0.4, 0.5) is 0 Å². The van der Waals surface area contributed by atoms with Gasteiger partial charge in [0.25, 0.3) is 0 Å². The Morgan fingerprint density at radius 1 is 1.32 bits per heavy atom. The maximum atomic E-state index is 4.70. The quantitative estimate of drug-likeness (QED) is 0.430. The van der Waals surface area contributed by atoms with Crippen LogP contribution in [0.5, 0.6) is 0 Å². The van der Waals surface area contributed by atoms with Gasteiger partial charge in [0, 0.05) is 30.4 Å². The Morgan fingerprint density at radius 3 is 2.72 bits per heavy atom. The van der Waals surface area contributed by atoms with Gasteiger partial charge in [0.1, 0.15) is 12.4 Å². The van der Waals surface area contributed by atoms with Crippen molar-refractivity contribution in [3.05, 3.63) is 34.0 Å². The van der Waals surface area contributed by atoms with E-state index >= 15 is 0 Å². The molecular weight excluding hydrogens is 332 g/mol. The van der Waals surface area contributed by atoms with Crippen LogP contribution in [0.15, 0.2) is 22.5 Å². The van der Waals surface area contributed by atoms with Crippen molar-refractivity contribution in [1.29, 1.82) is 0 Å². The van der Waals surface area contributed by atoms with E-state index in [1.165, 1.54) is 4.88 Å². The molecule has 0 unspecified atom stereocenters. The zero-order valence-corrected chi connectivity index (χ0v) is 16.8. The van der Waals surface area contributed by atoms with Gasteiger partial charge >= 0.3 is 0 Å². The molecule has 6 nitrogen and oxygen atoms in total. The lowest BCUT2D eigenvalue weighted by Gasteiger charge is -2.25. The minimum atomic E-state index is 0.0583. The third-order valence-corrected chi connectivity index (χ3v) is 5.51. The van der Waals surface area contributed by atoms with Crippen molar-refractivity contribution in [3.63, 3.8) is 0 Å². The molecule has 0 spiro atoms.